The van der Waals surface area contributed by atoms with Crippen LogP contribution in [-0.2, 0) is 36.4 Å². The minimum Gasteiger partial charge on any atom is -0.464 e. The molecule has 1 amide bonds. The molecule has 0 radical (unpaired) electrons. The van der Waals surface area contributed by atoms with E-state index < -0.39 is 40.9 Å². The van der Waals surface area contributed by atoms with E-state index >= 15 is 0 Å². The summed E-state index contributed by atoms with van der Waals surface area (Å²) in [5.74, 6) is -1.88. The number of hydrogen-bond donors (Lipinski definition) is 1. The highest BCUT2D eigenvalue weighted by Gasteiger charge is 2.50. The van der Waals surface area contributed by atoms with Crippen LogP contribution in [0.3, 0.4) is 0 Å². The molecule has 2 aromatic carbocycles. The average Bonchev–Trinajstić information content (AvgIpc) is 2.82. The number of alkyl halides is 3. The molecule has 0 aliphatic heterocycles. The highest BCUT2D eigenvalue weighted by atomic mass is 32.2. The second-order valence-corrected chi connectivity index (χ2v) is 11.3. The van der Waals surface area contributed by atoms with E-state index in [2.05, 4.69) is 5.32 Å². The van der Waals surface area contributed by atoms with Crippen LogP contribution >= 0.6 is 11.8 Å². The van der Waals surface area contributed by atoms with Gasteiger partial charge >= 0.3 is 24.2 Å². The third-order valence-corrected chi connectivity index (χ3v) is 6.50. The molecule has 0 saturated heterocycles. The van der Waals surface area contributed by atoms with Crippen molar-refractivity contribution in [1.82, 2.24) is 5.32 Å². The van der Waals surface area contributed by atoms with Gasteiger partial charge in [-0.2, -0.15) is 13.2 Å². The Morgan fingerprint density at radius 3 is 1.93 bits per heavy atom. The Bertz CT molecular complexity index is 1160. The number of rotatable bonds is 11. The summed E-state index contributed by atoms with van der Waals surface area (Å²) in [5, 5.41) is 2.40. The molecule has 0 heterocycles. The van der Waals surface area contributed by atoms with Gasteiger partial charge in [0.15, 0.2) is 0 Å². The molecule has 2 rings (SSSR count). The van der Waals surface area contributed by atoms with E-state index in [-0.39, 0.29) is 25.1 Å². The van der Waals surface area contributed by atoms with E-state index in [0.29, 0.717) is 23.3 Å². The molecule has 0 spiro atoms. The van der Waals surface area contributed by atoms with Gasteiger partial charge in [0.05, 0.1) is 18.8 Å². The fraction of sp³-hybridized carbons (Fsp3) is 0.483. The maximum atomic E-state index is 13.2. The van der Waals surface area contributed by atoms with Crippen LogP contribution in [0.15, 0.2) is 52.3 Å². The maximum Gasteiger partial charge on any atom is 0.416 e. The lowest BCUT2D eigenvalue weighted by atomic mass is 9.91. The molecule has 0 bridgehead atoms. The third kappa shape index (κ3) is 10.9. The fourth-order valence-corrected chi connectivity index (χ4v) is 4.80. The summed E-state index contributed by atoms with van der Waals surface area (Å²) in [6.07, 6.45) is -4.76. The van der Waals surface area contributed by atoms with Crippen LogP contribution in [0.25, 0.3) is 0 Å². The summed E-state index contributed by atoms with van der Waals surface area (Å²) in [6.45, 7) is 9.72. The number of nitrogens with one attached hydrogen (secondary N) is 1. The van der Waals surface area contributed by atoms with Crippen molar-refractivity contribution < 1.29 is 47.2 Å². The number of halogens is 3. The van der Waals surface area contributed by atoms with Gasteiger partial charge in [0, 0.05) is 9.79 Å². The number of amides is 1. The number of aryl methyl sites for hydroxylation is 2. The van der Waals surface area contributed by atoms with Gasteiger partial charge < -0.3 is 19.7 Å². The van der Waals surface area contributed by atoms with E-state index in [9.17, 15) is 27.6 Å². The van der Waals surface area contributed by atoms with Crippen molar-refractivity contribution in [3.05, 3.63) is 59.2 Å². The van der Waals surface area contributed by atoms with Crippen LogP contribution in [-0.4, -0.2) is 47.9 Å². The van der Waals surface area contributed by atoms with Crippen LogP contribution in [0.5, 0.6) is 0 Å². The lowest BCUT2D eigenvalue weighted by Crippen LogP contribution is -2.62. The van der Waals surface area contributed by atoms with Crippen molar-refractivity contribution >= 4 is 29.8 Å². The molecule has 41 heavy (non-hydrogen) atoms. The van der Waals surface area contributed by atoms with Crippen LogP contribution < -0.4 is 5.32 Å². The van der Waals surface area contributed by atoms with Gasteiger partial charge in [0.25, 0.3) is 0 Å². The molecular formula is C29H38F3NO7S. The van der Waals surface area contributed by atoms with E-state index in [1.165, 1.54) is 11.8 Å². The Morgan fingerprint density at radius 2 is 1.44 bits per heavy atom. The van der Waals surface area contributed by atoms with E-state index in [0.717, 1.165) is 22.6 Å². The summed E-state index contributed by atoms with van der Waals surface area (Å²) in [4.78, 5) is 39.8. The zero-order valence-corrected chi connectivity index (χ0v) is 24.9. The summed E-state index contributed by atoms with van der Waals surface area (Å²) < 4.78 is 55.1. The largest absolute Gasteiger partial charge is 0.464 e. The second kappa shape index (κ2) is 15.1. The van der Waals surface area contributed by atoms with Crippen LogP contribution in [0.2, 0.25) is 0 Å². The number of alkyl carbamates (subject to hydrolysis) is 1. The molecule has 3 N–H and O–H groups in total. The number of esters is 2. The lowest BCUT2D eigenvalue weighted by molar-refractivity contribution is -0.166. The van der Waals surface area contributed by atoms with Crippen molar-refractivity contribution in [3.63, 3.8) is 0 Å². The molecule has 0 saturated carbocycles. The first kappa shape index (κ1) is 35.8. The number of carbonyl (C=O) groups is 3. The van der Waals surface area contributed by atoms with Gasteiger partial charge in [0.2, 0.25) is 5.54 Å². The van der Waals surface area contributed by atoms with Gasteiger partial charge in [-0.05, 0) is 102 Å². The minimum atomic E-state index is -4.42. The summed E-state index contributed by atoms with van der Waals surface area (Å²) >= 11 is 1.22. The Labute approximate surface area is 242 Å². The molecule has 0 unspecified atom stereocenters. The van der Waals surface area contributed by atoms with Crippen molar-refractivity contribution in [2.24, 2.45) is 0 Å². The predicted molar refractivity (Wildman–Crippen MR) is 149 cm³/mol. The molecule has 0 aliphatic rings. The standard InChI is InChI=1S/C29H36F3NO6S.H2O/c1-7-37-24(34)28(25(35)38-8-2,33-26(36)39-27(4,5)6)15-9-10-20-11-13-22(14-12-20)40-23-17-19(3)16-21(18-23)29(30,31)32;/h11-14,16-18H,7-10,15H2,1-6H3,(H,33,36);1H2. The first-order valence-electron chi connectivity index (χ1n) is 12.9. The van der Waals surface area contributed by atoms with E-state index in [1.807, 2.05) is 12.1 Å². The smallest absolute Gasteiger partial charge is 0.416 e. The van der Waals surface area contributed by atoms with Crippen molar-refractivity contribution in [1.29, 1.82) is 0 Å². The highest BCUT2D eigenvalue weighted by molar-refractivity contribution is 7.99. The average molecular weight is 602 g/mol. The molecule has 2 aromatic rings. The lowest BCUT2D eigenvalue weighted by Gasteiger charge is -2.31. The van der Waals surface area contributed by atoms with Crippen molar-refractivity contribution in [3.8, 4) is 0 Å². The molecule has 0 atom stereocenters. The van der Waals surface area contributed by atoms with E-state index in [1.54, 1.807) is 59.7 Å². The van der Waals surface area contributed by atoms with Crippen LogP contribution in [0, 0.1) is 6.92 Å². The van der Waals surface area contributed by atoms with Crippen LogP contribution in [0.1, 0.15) is 64.2 Å². The first-order valence-corrected chi connectivity index (χ1v) is 13.7. The van der Waals surface area contributed by atoms with Crippen LogP contribution in [0.4, 0.5) is 18.0 Å². The van der Waals surface area contributed by atoms with Gasteiger partial charge in [-0.25, -0.2) is 14.4 Å². The summed E-state index contributed by atoms with van der Waals surface area (Å²) in [6, 6.07) is 11.1. The number of carbonyl (C=O) groups excluding carboxylic acids is 3. The van der Waals surface area contributed by atoms with Gasteiger partial charge in [-0.3, -0.25) is 5.32 Å². The minimum absolute atomic E-state index is 0. The van der Waals surface area contributed by atoms with Gasteiger partial charge in [-0.15, -0.1) is 0 Å². The zero-order chi connectivity index (χ0) is 30.1. The molecular weight excluding hydrogens is 563 g/mol. The highest BCUT2D eigenvalue weighted by Crippen LogP contribution is 2.35. The van der Waals surface area contributed by atoms with Gasteiger partial charge in [-0.1, -0.05) is 23.9 Å². The predicted octanol–water partition coefficient (Wildman–Crippen LogP) is 6.05. The quantitative estimate of drug-likeness (QED) is 0.189. The number of hydrogen-bond acceptors (Lipinski definition) is 7. The Kier molecular flexibility index (Phi) is 13.2. The molecule has 0 fully saturated rings. The Hall–Kier alpha value is -3.25. The number of benzene rings is 2. The van der Waals surface area contributed by atoms with Gasteiger partial charge in [0.1, 0.15) is 5.60 Å². The maximum absolute atomic E-state index is 13.2. The summed E-state index contributed by atoms with van der Waals surface area (Å²) in [7, 11) is 0. The van der Waals surface area contributed by atoms with E-state index in [4.69, 9.17) is 14.2 Å². The monoisotopic (exact) mass is 601 g/mol. The molecule has 0 aliphatic carbocycles. The Balaban J connectivity index is 0.00000840. The second-order valence-electron chi connectivity index (χ2n) is 10.1. The Morgan fingerprint density at radius 1 is 0.878 bits per heavy atom. The molecule has 8 nitrogen and oxygen atoms in total. The van der Waals surface area contributed by atoms with Crippen molar-refractivity contribution in [2.45, 2.75) is 87.9 Å². The first-order chi connectivity index (χ1) is 18.6. The van der Waals surface area contributed by atoms with Crippen molar-refractivity contribution in [2.75, 3.05) is 13.2 Å². The zero-order valence-electron chi connectivity index (χ0n) is 24.1. The fourth-order valence-electron chi connectivity index (χ4n) is 3.83. The summed E-state index contributed by atoms with van der Waals surface area (Å²) in [5.41, 5.74) is -2.28. The SMILES string of the molecule is CCOC(=O)C(CCCc1ccc(Sc2cc(C)cc(C(F)(F)F)c2)cc1)(NC(=O)OC(C)(C)C)C(=O)OCC.O. The number of ether oxygens (including phenoxy) is 3. The topological polar surface area (TPSA) is 122 Å². The molecule has 0 aromatic heterocycles. The molecule has 12 heteroatoms. The third-order valence-electron chi connectivity index (χ3n) is 5.52. The molecule has 228 valence electrons. The normalized spacial score (nSPS) is 11.7.